The lowest BCUT2D eigenvalue weighted by Gasteiger charge is -2.31. The minimum absolute atomic E-state index is 0.0191. The van der Waals surface area contributed by atoms with Gasteiger partial charge in [-0.2, -0.15) is 0 Å². The minimum Gasteiger partial charge on any atom is -0.311 e. The zero-order valence-corrected chi connectivity index (χ0v) is 14.3. The van der Waals surface area contributed by atoms with Crippen molar-refractivity contribution in [2.24, 2.45) is 0 Å². The summed E-state index contributed by atoms with van der Waals surface area (Å²) in [4.78, 5) is 28.1. The maximum absolute atomic E-state index is 12.8. The number of hydrogen-bond acceptors (Lipinski definition) is 2. The van der Waals surface area contributed by atoms with E-state index in [2.05, 4.69) is 6.07 Å². The molecule has 0 aromatic heterocycles. The molecule has 0 saturated heterocycles. The largest absolute Gasteiger partial charge is 0.311 e. The molecule has 2 aromatic rings. The molecule has 0 saturated carbocycles. The summed E-state index contributed by atoms with van der Waals surface area (Å²) in [5, 5.41) is 0.596. The van der Waals surface area contributed by atoms with Crippen molar-refractivity contribution in [2.45, 2.75) is 19.8 Å². The van der Waals surface area contributed by atoms with Gasteiger partial charge in [0.05, 0.1) is 0 Å². The average molecular weight is 343 g/mol. The Morgan fingerprint density at radius 1 is 1.12 bits per heavy atom. The fraction of sp³-hybridized carbons (Fsp3) is 0.263. The first-order valence-corrected chi connectivity index (χ1v) is 8.36. The average Bonchev–Trinajstić information content (AvgIpc) is 2.59. The Morgan fingerprint density at radius 3 is 2.54 bits per heavy atom. The maximum atomic E-state index is 12.8. The van der Waals surface area contributed by atoms with Crippen LogP contribution in [0.15, 0.2) is 48.5 Å². The second-order valence-electron chi connectivity index (χ2n) is 5.86. The summed E-state index contributed by atoms with van der Waals surface area (Å²) in [5.41, 5.74) is 2.80. The van der Waals surface area contributed by atoms with Crippen LogP contribution in [0.5, 0.6) is 0 Å². The van der Waals surface area contributed by atoms with Gasteiger partial charge in [-0.3, -0.25) is 9.59 Å². The van der Waals surface area contributed by atoms with Gasteiger partial charge in [-0.25, -0.2) is 0 Å². The molecule has 2 aromatic carbocycles. The standard InChI is InChI=1S/C19H19ClN2O2/c1-14(23)22(17-10-8-16(20)9-11-17)13-19(24)21-12-4-6-15-5-2-3-7-18(15)21/h2-3,5,7-11H,4,6,12-13H2,1H3. The van der Waals surface area contributed by atoms with E-state index in [0.29, 0.717) is 17.3 Å². The highest BCUT2D eigenvalue weighted by Crippen LogP contribution is 2.27. The van der Waals surface area contributed by atoms with E-state index in [0.717, 1.165) is 18.5 Å². The zero-order chi connectivity index (χ0) is 17.1. The molecule has 0 fully saturated rings. The van der Waals surface area contributed by atoms with Gasteiger partial charge in [0.1, 0.15) is 6.54 Å². The first kappa shape index (κ1) is 16.5. The summed E-state index contributed by atoms with van der Waals surface area (Å²) >= 11 is 5.90. The number of halogens is 1. The van der Waals surface area contributed by atoms with E-state index in [4.69, 9.17) is 11.6 Å². The fourth-order valence-electron chi connectivity index (χ4n) is 3.02. The van der Waals surface area contributed by atoms with Crippen molar-refractivity contribution in [2.75, 3.05) is 22.9 Å². The molecule has 0 aliphatic carbocycles. The first-order valence-electron chi connectivity index (χ1n) is 7.98. The summed E-state index contributed by atoms with van der Waals surface area (Å²) < 4.78 is 0. The second kappa shape index (κ2) is 7.05. The van der Waals surface area contributed by atoms with Crippen LogP contribution in [0.25, 0.3) is 0 Å². The van der Waals surface area contributed by atoms with Crippen LogP contribution in [-0.2, 0) is 16.0 Å². The molecule has 0 N–H and O–H groups in total. The Bertz CT molecular complexity index is 758. The molecule has 3 rings (SSSR count). The predicted molar refractivity (Wildman–Crippen MR) is 96.6 cm³/mol. The van der Waals surface area contributed by atoms with Crippen molar-refractivity contribution >= 4 is 34.8 Å². The Labute approximate surface area is 146 Å². The molecule has 124 valence electrons. The third-order valence-corrected chi connectivity index (χ3v) is 4.48. The number of benzene rings is 2. The van der Waals surface area contributed by atoms with Gasteiger partial charge in [-0.05, 0) is 48.7 Å². The van der Waals surface area contributed by atoms with Gasteiger partial charge in [0.2, 0.25) is 11.8 Å². The van der Waals surface area contributed by atoms with Crippen molar-refractivity contribution < 1.29 is 9.59 Å². The lowest BCUT2D eigenvalue weighted by molar-refractivity contribution is -0.121. The Balaban J connectivity index is 1.82. The van der Waals surface area contributed by atoms with Gasteiger partial charge in [0.25, 0.3) is 0 Å². The van der Waals surface area contributed by atoms with Gasteiger partial charge < -0.3 is 9.80 Å². The highest BCUT2D eigenvalue weighted by molar-refractivity contribution is 6.30. The van der Waals surface area contributed by atoms with Crippen LogP contribution >= 0.6 is 11.6 Å². The summed E-state index contributed by atoms with van der Waals surface area (Å²) in [7, 11) is 0. The molecule has 0 atom stereocenters. The van der Waals surface area contributed by atoms with E-state index in [1.807, 2.05) is 18.2 Å². The molecule has 0 spiro atoms. The van der Waals surface area contributed by atoms with Crippen LogP contribution in [0.3, 0.4) is 0 Å². The SMILES string of the molecule is CC(=O)N(CC(=O)N1CCCc2ccccc21)c1ccc(Cl)cc1. The van der Waals surface area contributed by atoms with Gasteiger partial charge in [0, 0.05) is 29.9 Å². The minimum atomic E-state index is -0.170. The van der Waals surface area contributed by atoms with Gasteiger partial charge in [0.15, 0.2) is 0 Å². The molecule has 2 amide bonds. The Kier molecular flexibility index (Phi) is 4.86. The number of aryl methyl sites for hydroxylation is 1. The second-order valence-corrected chi connectivity index (χ2v) is 6.30. The lowest BCUT2D eigenvalue weighted by atomic mass is 10.0. The summed E-state index contributed by atoms with van der Waals surface area (Å²) in [5.74, 6) is -0.247. The molecule has 0 radical (unpaired) electrons. The van der Waals surface area contributed by atoms with E-state index in [1.54, 1.807) is 29.2 Å². The molecule has 1 aliphatic heterocycles. The van der Waals surface area contributed by atoms with Crippen LogP contribution in [0.1, 0.15) is 18.9 Å². The van der Waals surface area contributed by atoms with Crippen LogP contribution in [0, 0.1) is 0 Å². The monoisotopic (exact) mass is 342 g/mol. The van der Waals surface area contributed by atoms with Crippen LogP contribution in [0.2, 0.25) is 5.02 Å². The molecular weight excluding hydrogens is 324 g/mol. The van der Waals surface area contributed by atoms with Crippen molar-refractivity contribution in [3.63, 3.8) is 0 Å². The number of amides is 2. The van der Waals surface area contributed by atoms with E-state index in [-0.39, 0.29) is 18.4 Å². The summed E-state index contributed by atoms with van der Waals surface area (Å²) in [6, 6.07) is 14.9. The van der Waals surface area contributed by atoms with Crippen molar-refractivity contribution in [3.8, 4) is 0 Å². The molecule has 1 heterocycles. The van der Waals surface area contributed by atoms with Crippen molar-refractivity contribution in [3.05, 3.63) is 59.1 Å². The van der Waals surface area contributed by atoms with E-state index in [9.17, 15) is 9.59 Å². The summed E-state index contributed by atoms with van der Waals surface area (Å²) in [6.45, 7) is 2.17. The molecule has 1 aliphatic rings. The molecule has 4 nitrogen and oxygen atoms in total. The number of anilines is 2. The Morgan fingerprint density at radius 2 is 1.83 bits per heavy atom. The fourth-order valence-corrected chi connectivity index (χ4v) is 3.14. The molecular formula is C19H19ClN2O2. The van der Waals surface area contributed by atoms with Gasteiger partial charge in [-0.1, -0.05) is 29.8 Å². The van der Waals surface area contributed by atoms with Crippen molar-refractivity contribution in [1.29, 1.82) is 0 Å². The highest BCUT2D eigenvalue weighted by atomic mass is 35.5. The number of nitrogens with zero attached hydrogens (tertiary/aromatic N) is 2. The molecule has 5 heteroatoms. The lowest BCUT2D eigenvalue weighted by Crippen LogP contribution is -2.44. The number of para-hydroxylation sites is 1. The topological polar surface area (TPSA) is 40.6 Å². The normalized spacial score (nSPS) is 13.3. The van der Waals surface area contributed by atoms with E-state index < -0.39 is 0 Å². The number of carbonyl (C=O) groups is 2. The van der Waals surface area contributed by atoms with Gasteiger partial charge >= 0.3 is 0 Å². The van der Waals surface area contributed by atoms with Crippen molar-refractivity contribution in [1.82, 2.24) is 0 Å². The first-order chi connectivity index (χ1) is 11.6. The molecule has 0 bridgehead atoms. The smallest absolute Gasteiger partial charge is 0.247 e. The Hall–Kier alpha value is -2.33. The van der Waals surface area contributed by atoms with Crippen LogP contribution in [-0.4, -0.2) is 24.9 Å². The maximum Gasteiger partial charge on any atom is 0.247 e. The summed E-state index contributed by atoms with van der Waals surface area (Å²) in [6.07, 6.45) is 1.91. The zero-order valence-electron chi connectivity index (χ0n) is 13.5. The third-order valence-electron chi connectivity index (χ3n) is 4.22. The number of rotatable bonds is 3. The third kappa shape index (κ3) is 3.44. The molecule has 24 heavy (non-hydrogen) atoms. The number of carbonyl (C=O) groups excluding carboxylic acids is 2. The predicted octanol–water partition coefficient (Wildman–Crippen LogP) is 3.67. The van der Waals surface area contributed by atoms with E-state index >= 15 is 0 Å². The molecule has 0 unspecified atom stereocenters. The van der Waals surface area contributed by atoms with Crippen LogP contribution < -0.4 is 9.80 Å². The quantitative estimate of drug-likeness (QED) is 0.853. The number of hydrogen-bond donors (Lipinski definition) is 0. The van der Waals surface area contributed by atoms with Crippen LogP contribution in [0.4, 0.5) is 11.4 Å². The van der Waals surface area contributed by atoms with E-state index in [1.165, 1.54) is 17.4 Å². The highest BCUT2D eigenvalue weighted by Gasteiger charge is 2.25. The number of fused-ring (bicyclic) bond motifs is 1. The van der Waals surface area contributed by atoms with Gasteiger partial charge in [-0.15, -0.1) is 0 Å².